The zero-order valence-corrected chi connectivity index (χ0v) is 15.5. The number of halogens is 2. The summed E-state index contributed by atoms with van der Waals surface area (Å²) in [5.41, 5.74) is 3.27. The molecule has 140 valence electrons. The summed E-state index contributed by atoms with van der Waals surface area (Å²) in [7, 11) is -3.76. The Hall–Kier alpha value is -2.84. The second kappa shape index (κ2) is 7.05. The number of sulfonamides is 1. The predicted molar refractivity (Wildman–Crippen MR) is 100 cm³/mol. The van der Waals surface area contributed by atoms with Crippen LogP contribution in [-0.2, 0) is 10.0 Å². The van der Waals surface area contributed by atoms with Gasteiger partial charge in [-0.05, 0) is 56.3 Å². The van der Waals surface area contributed by atoms with E-state index in [1.807, 2.05) is 24.5 Å². The Morgan fingerprint density at radius 1 is 1.04 bits per heavy atom. The van der Waals surface area contributed by atoms with Gasteiger partial charge in [0.15, 0.2) is 5.82 Å². The molecule has 0 atom stereocenters. The highest BCUT2D eigenvalue weighted by atomic mass is 32.2. The highest BCUT2D eigenvalue weighted by Gasteiger charge is 2.12. The van der Waals surface area contributed by atoms with Crippen molar-refractivity contribution in [2.75, 3.05) is 0 Å². The Morgan fingerprint density at radius 3 is 2.30 bits per heavy atom. The Bertz CT molecular complexity index is 1130. The molecule has 0 aliphatic heterocycles. The first-order valence-electron chi connectivity index (χ1n) is 7.98. The summed E-state index contributed by atoms with van der Waals surface area (Å²) in [6.07, 6.45) is 1.51. The maximum Gasteiger partial charge on any atom is 0.238 e. The third-order valence-electron chi connectivity index (χ3n) is 4.15. The van der Waals surface area contributed by atoms with E-state index in [1.54, 1.807) is 12.1 Å². The van der Waals surface area contributed by atoms with Crippen LogP contribution in [0.4, 0.5) is 14.5 Å². The number of nitrogens with zero attached hydrogens (tertiary/aromatic N) is 2. The van der Waals surface area contributed by atoms with Crippen molar-refractivity contribution in [1.82, 2.24) is 4.57 Å². The van der Waals surface area contributed by atoms with Crippen LogP contribution in [0.3, 0.4) is 0 Å². The number of benzene rings is 2. The van der Waals surface area contributed by atoms with Crippen molar-refractivity contribution >= 4 is 21.9 Å². The van der Waals surface area contributed by atoms with Gasteiger partial charge in [0.1, 0.15) is 5.82 Å². The number of hydrogen-bond donors (Lipinski definition) is 1. The molecule has 0 unspecified atom stereocenters. The smallest absolute Gasteiger partial charge is 0.238 e. The summed E-state index contributed by atoms with van der Waals surface area (Å²) in [6, 6.07) is 11.2. The van der Waals surface area contributed by atoms with E-state index in [0.29, 0.717) is 0 Å². The quantitative estimate of drug-likeness (QED) is 0.690. The van der Waals surface area contributed by atoms with E-state index in [0.717, 1.165) is 34.8 Å². The van der Waals surface area contributed by atoms with Crippen LogP contribution >= 0.6 is 0 Å². The van der Waals surface area contributed by atoms with E-state index in [1.165, 1.54) is 24.4 Å². The molecule has 27 heavy (non-hydrogen) atoms. The van der Waals surface area contributed by atoms with Crippen molar-refractivity contribution in [3.05, 3.63) is 77.1 Å². The van der Waals surface area contributed by atoms with E-state index in [9.17, 15) is 17.2 Å². The van der Waals surface area contributed by atoms with E-state index in [-0.39, 0.29) is 10.6 Å². The highest BCUT2D eigenvalue weighted by Crippen LogP contribution is 2.23. The van der Waals surface area contributed by atoms with Crippen LogP contribution in [0, 0.1) is 25.5 Å². The Labute approximate surface area is 155 Å². The molecule has 5 nitrogen and oxygen atoms in total. The maximum absolute atomic E-state index is 13.7. The van der Waals surface area contributed by atoms with Gasteiger partial charge < -0.3 is 4.57 Å². The van der Waals surface area contributed by atoms with Gasteiger partial charge in [0.25, 0.3) is 0 Å². The molecule has 0 saturated carbocycles. The lowest BCUT2D eigenvalue weighted by molar-refractivity contribution is 0.585. The summed E-state index contributed by atoms with van der Waals surface area (Å²) >= 11 is 0. The largest absolute Gasteiger partial charge is 0.318 e. The van der Waals surface area contributed by atoms with Crippen LogP contribution in [0.5, 0.6) is 0 Å². The minimum Gasteiger partial charge on any atom is -0.318 e. The molecule has 3 aromatic rings. The summed E-state index contributed by atoms with van der Waals surface area (Å²) in [6.45, 7) is 3.75. The van der Waals surface area contributed by atoms with E-state index >= 15 is 0 Å². The summed E-state index contributed by atoms with van der Waals surface area (Å²) in [4.78, 5) is 4.13. The molecule has 2 N–H and O–H groups in total. The zero-order valence-electron chi connectivity index (χ0n) is 14.6. The fourth-order valence-electron chi connectivity index (χ4n) is 2.83. The van der Waals surface area contributed by atoms with E-state index < -0.39 is 21.7 Å². The van der Waals surface area contributed by atoms with Crippen LogP contribution in [-0.4, -0.2) is 19.2 Å². The average molecular weight is 389 g/mol. The number of aromatic nitrogens is 1. The Kier molecular flexibility index (Phi) is 4.95. The number of aryl methyl sites for hydroxylation is 1. The zero-order chi connectivity index (χ0) is 19.8. The van der Waals surface area contributed by atoms with Crippen molar-refractivity contribution in [1.29, 1.82) is 0 Å². The van der Waals surface area contributed by atoms with E-state index in [4.69, 9.17) is 5.14 Å². The van der Waals surface area contributed by atoms with Crippen LogP contribution < -0.4 is 5.14 Å². The molecule has 1 heterocycles. The minimum absolute atomic E-state index is 0.0299. The molecule has 0 spiro atoms. The normalized spacial score (nSPS) is 12.0. The third-order valence-corrected chi connectivity index (χ3v) is 5.08. The van der Waals surface area contributed by atoms with Gasteiger partial charge in [-0.2, -0.15) is 0 Å². The molecular formula is C19H17F2N3O2S. The summed E-state index contributed by atoms with van der Waals surface area (Å²) in [5.74, 6) is -1.40. The van der Waals surface area contributed by atoms with Crippen molar-refractivity contribution in [2.45, 2.75) is 18.7 Å². The lowest BCUT2D eigenvalue weighted by Gasteiger charge is -2.10. The molecular weight excluding hydrogens is 372 g/mol. The fourth-order valence-corrected chi connectivity index (χ4v) is 3.34. The first-order chi connectivity index (χ1) is 12.7. The Balaban J connectivity index is 1.96. The topological polar surface area (TPSA) is 77.5 Å². The SMILES string of the molecule is Cc1cc(C=Nc2ccc(F)cc2F)c(C)n1-c1ccc(S(N)(=O)=O)cc1. The van der Waals surface area contributed by atoms with Gasteiger partial charge in [0.2, 0.25) is 10.0 Å². The third kappa shape index (κ3) is 3.96. The number of hydrogen-bond acceptors (Lipinski definition) is 3. The van der Waals surface area contributed by atoms with Gasteiger partial charge in [-0.15, -0.1) is 0 Å². The van der Waals surface area contributed by atoms with Gasteiger partial charge in [-0.3, -0.25) is 4.99 Å². The fraction of sp³-hybridized carbons (Fsp3) is 0.105. The van der Waals surface area contributed by atoms with Crippen molar-refractivity contribution < 1.29 is 17.2 Å². The lowest BCUT2D eigenvalue weighted by Crippen LogP contribution is -2.12. The first kappa shape index (κ1) is 18.9. The highest BCUT2D eigenvalue weighted by molar-refractivity contribution is 7.89. The van der Waals surface area contributed by atoms with Gasteiger partial charge in [0, 0.05) is 34.9 Å². The molecule has 3 rings (SSSR count). The van der Waals surface area contributed by atoms with Crippen LogP contribution in [0.1, 0.15) is 17.0 Å². The van der Waals surface area contributed by atoms with Crippen LogP contribution in [0.25, 0.3) is 5.69 Å². The number of aliphatic imine (C=N–C) groups is 1. The van der Waals surface area contributed by atoms with Gasteiger partial charge in [-0.25, -0.2) is 22.3 Å². The van der Waals surface area contributed by atoms with Crippen molar-refractivity contribution in [3.63, 3.8) is 0 Å². The molecule has 0 radical (unpaired) electrons. The van der Waals surface area contributed by atoms with Crippen molar-refractivity contribution in [3.8, 4) is 5.69 Å². The van der Waals surface area contributed by atoms with Gasteiger partial charge in [0.05, 0.1) is 10.6 Å². The number of nitrogens with two attached hydrogens (primary N) is 1. The lowest BCUT2D eigenvalue weighted by atomic mass is 10.2. The van der Waals surface area contributed by atoms with E-state index in [2.05, 4.69) is 4.99 Å². The first-order valence-corrected chi connectivity index (χ1v) is 9.53. The molecule has 0 saturated heterocycles. The van der Waals surface area contributed by atoms with Gasteiger partial charge in [-0.1, -0.05) is 0 Å². The van der Waals surface area contributed by atoms with Crippen LogP contribution in [0.15, 0.2) is 58.4 Å². The standard InChI is InChI=1S/C19H17F2N3O2S/c1-12-9-14(11-23-19-8-3-15(20)10-18(19)21)13(2)24(12)16-4-6-17(7-5-16)27(22,25)26/h3-11H,1-2H3,(H2,22,25,26). The second-order valence-electron chi connectivity index (χ2n) is 6.05. The van der Waals surface area contributed by atoms with Crippen molar-refractivity contribution in [2.24, 2.45) is 10.1 Å². The maximum atomic E-state index is 13.7. The summed E-state index contributed by atoms with van der Waals surface area (Å²) in [5, 5.41) is 5.12. The van der Waals surface area contributed by atoms with Crippen LogP contribution in [0.2, 0.25) is 0 Å². The monoisotopic (exact) mass is 389 g/mol. The molecule has 1 aromatic heterocycles. The molecule has 0 amide bonds. The second-order valence-corrected chi connectivity index (χ2v) is 7.62. The number of rotatable bonds is 4. The molecule has 8 heteroatoms. The van der Waals surface area contributed by atoms with Gasteiger partial charge >= 0.3 is 0 Å². The Morgan fingerprint density at radius 2 is 1.70 bits per heavy atom. The molecule has 0 aliphatic rings. The molecule has 0 aliphatic carbocycles. The number of primary sulfonamides is 1. The predicted octanol–water partition coefficient (Wildman–Crippen LogP) is 3.77. The molecule has 0 fully saturated rings. The summed E-state index contributed by atoms with van der Waals surface area (Å²) < 4.78 is 51.4. The molecule has 0 bridgehead atoms. The average Bonchev–Trinajstić information content (AvgIpc) is 2.87. The minimum atomic E-state index is -3.76. The molecule has 2 aromatic carbocycles.